The minimum atomic E-state index is -0.798. The van der Waals surface area contributed by atoms with E-state index in [4.69, 9.17) is 10.5 Å². The van der Waals surface area contributed by atoms with Crippen LogP contribution >= 0.6 is 15.9 Å². The highest BCUT2D eigenvalue weighted by Crippen LogP contribution is 2.24. The largest absolute Gasteiger partial charge is 0.381 e. The Morgan fingerprint density at radius 2 is 2.05 bits per heavy atom. The van der Waals surface area contributed by atoms with Gasteiger partial charge in [-0.25, -0.2) is 0 Å². The number of hydrogen-bond acceptors (Lipinski definition) is 3. The average Bonchev–Trinajstić information content (AvgIpc) is 2.40. The molecule has 1 unspecified atom stereocenters. The van der Waals surface area contributed by atoms with Crippen molar-refractivity contribution in [1.29, 1.82) is 0 Å². The van der Waals surface area contributed by atoms with Crippen LogP contribution in [0.4, 0.5) is 0 Å². The van der Waals surface area contributed by atoms with E-state index in [1.54, 1.807) is 0 Å². The lowest BCUT2D eigenvalue weighted by molar-refractivity contribution is -0.130. The highest BCUT2D eigenvalue weighted by molar-refractivity contribution is 9.10. The Morgan fingerprint density at radius 3 is 2.68 bits per heavy atom. The molecule has 4 nitrogen and oxygen atoms in total. The molecule has 5 heteroatoms. The summed E-state index contributed by atoms with van der Waals surface area (Å²) < 4.78 is 6.24. The first-order valence-electron chi connectivity index (χ1n) is 6.45. The Bertz CT molecular complexity index is 459. The van der Waals surface area contributed by atoms with Gasteiger partial charge in [0.15, 0.2) is 0 Å². The summed E-state index contributed by atoms with van der Waals surface area (Å²) in [5.41, 5.74) is 6.41. The van der Waals surface area contributed by atoms with Gasteiger partial charge in [-0.2, -0.15) is 0 Å². The van der Waals surface area contributed by atoms with Crippen molar-refractivity contribution in [2.45, 2.75) is 31.3 Å². The van der Waals surface area contributed by atoms with Crippen molar-refractivity contribution in [1.82, 2.24) is 5.32 Å². The molecule has 3 N–H and O–H groups in total. The summed E-state index contributed by atoms with van der Waals surface area (Å²) in [5.74, 6) is -0.0981. The summed E-state index contributed by atoms with van der Waals surface area (Å²) in [4.78, 5) is 12.3. The molecular formula is C14H19BrN2O2. The number of carbonyl (C=O) groups is 1. The van der Waals surface area contributed by atoms with E-state index in [0.717, 1.165) is 10.0 Å². The van der Waals surface area contributed by atoms with Crippen LogP contribution in [-0.4, -0.2) is 24.7 Å². The first kappa shape index (κ1) is 14.5. The summed E-state index contributed by atoms with van der Waals surface area (Å²) in [6.07, 6.45) is 1.14. The van der Waals surface area contributed by atoms with Crippen molar-refractivity contribution in [3.05, 3.63) is 34.3 Å². The number of ether oxygens (including phenoxy) is 1. The lowest BCUT2D eigenvalue weighted by Gasteiger charge is -2.33. The number of benzene rings is 1. The molecule has 0 spiro atoms. The third-order valence-corrected chi connectivity index (χ3v) is 4.28. The Hall–Kier alpha value is -0.910. The van der Waals surface area contributed by atoms with E-state index >= 15 is 0 Å². The van der Waals surface area contributed by atoms with E-state index in [0.29, 0.717) is 26.1 Å². The number of rotatable bonds is 3. The van der Waals surface area contributed by atoms with Gasteiger partial charge in [-0.15, -0.1) is 0 Å². The van der Waals surface area contributed by atoms with Crippen LogP contribution in [0, 0.1) is 0 Å². The smallest absolute Gasteiger partial charge is 0.240 e. The predicted octanol–water partition coefficient (Wildman–Crippen LogP) is 2.13. The number of carbonyl (C=O) groups excluding carboxylic acids is 1. The molecule has 1 heterocycles. The molecule has 1 aromatic rings. The molecule has 19 heavy (non-hydrogen) atoms. The van der Waals surface area contributed by atoms with E-state index in [-0.39, 0.29) is 11.9 Å². The van der Waals surface area contributed by atoms with Gasteiger partial charge in [-0.05, 0) is 31.4 Å². The van der Waals surface area contributed by atoms with Gasteiger partial charge in [-0.3, -0.25) is 4.79 Å². The highest BCUT2D eigenvalue weighted by atomic mass is 79.9. The lowest BCUT2D eigenvalue weighted by Crippen LogP contribution is -2.57. The van der Waals surface area contributed by atoms with E-state index in [2.05, 4.69) is 21.2 Å². The second-order valence-corrected chi connectivity index (χ2v) is 5.84. The lowest BCUT2D eigenvalue weighted by atomic mass is 9.90. The SMILES string of the molecule is CC(NC(=O)C1(N)CCOCC1)c1ccccc1Br. The second kappa shape index (κ2) is 6.03. The van der Waals surface area contributed by atoms with Gasteiger partial charge in [0, 0.05) is 17.7 Å². The normalized spacial score (nSPS) is 19.7. The molecule has 1 saturated heterocycles. The highest BCUT2D eigenvalue weighted by Gasteiger charge is 2.36. The average molecular weight is 327 g/mol. The molecule has 0 saturated carbocycles. The van der Waals surface area contributed by atoms with Crippen molar-refractivity contribution >= 4 is 21.8 Å². The Kier molecular flexibility index (Phi) is 4.60. The summed E-state index contributed by atoms with van der Waals surface area (Å²) in [7, 11) is 0. The van der Waals surface area contributed by atoms with Crippen LogP contribution in [0.2, 0.25) is 0 Å². The van der Waals surface area contributed by atoms with Gasteiger partial charge in [-0.1, -0.05) is 34.1 Å². The molecule has 1 fully saturated rings. The first-order chi connectivity index (χ1) is 9.03. The van der Waals surface area contributed by atoms with Gasteiger partial charge in [0.05, 0.1) is 11.6 Å². The van der Waals surface area contributed by atoms with Crippen LogP contribution in [-0.2, 0) is 9.53 Å². The first-order valence-corrected chi connectivity index (χ1v) is 7.24. The molecule has 0 aliphatic carbocycles. The molecule has 0 aromatic heterocycles. The summed E-state index contributed by atoms with van der Waals surface area (Å²) in [6, 6.07) is 7.78. The van der Waals surface area contributed by atoms with Gasteiger partial charge in [0.25, 0.3) is 0 Å². The number of amides is 1. The maximum absolute atomic E-state index is 12.3. The molecule has 1 atom stereocenters. The fraction of sp³-hybridized carbons (Fsp3) is 0.500. The number of nitrogens with two attached hydrogens (primary N) is 1. The fourth-order valence-electron chi connectivity index (χ4n) is 2.21. The van der Waals surface area contributed by atoms with E-state index < -0.39 is 5.54 Å². The molecule has 1 aromatic carbocycles. The summed E-state index contributed by atoms with van der Waals surface area (Å²) >= 11 is 3.49. The summed E-state index contributed by atoms with van der Waals surface area (Å²) in [5, 5.41) is 3.00. The Labute approximate surface area is 121 Å². The summed E-state index contributed by atoms with van der Waals surface area (Å²) in [6.45, 7) is 3.06. The maximum Gasteiger partial charge on any atom is 0.240 e. The Morgan fingerprint density at radius 1 is 1.42 bits per heavy atom. The van der Waals surface area contributed by atoms with Gasteiger partial charge in [0.2, 0.25) is 5.91 Å². The fourth-order valence-corrected chi connectivity index (χ4v) is 2.84. The van der Waals surface area contributed by atoms with Crippen LogP contribution in [0.15, 0.2) is 28.7 Å². The molecular weight excluding hydrogens is 308 g/mol. The van der Waals surface area contributed by atoms with E-state index in [9.17, 15) is 4.79 Å². The van der Waals surface area contributed by atoms with Crippen LogP contribution in [0.3, 0.4) is 0 Å². The number of nitrogens with one attached hydrogen (secondary N) is 1. The zero-order valence-electron chi connectivity index (χ0n) is 11.0. The molecule has 104 valence electrons. The molecule has 0 radical (unpaired) electrons. The molecule has 2 rings (SSSR count). The maximum atomic E-state index is 12.3. The minimum absolute atomic E-state index is 0.0775. The molecule has 1 amide bonds. The van der Waals surface area contributed by atoms with Gasteiger partial charge < -0.3 is 15.8 Å². The third-order valence-electron chi connectivity index (χ3n) is 3.56. The Balaban J connectivity index is 2.04. The third kappa shape index (κ3) is 3.35. The second-order valence-electron chi connectivity index (χ2n) is 4.99. The zero-order chi connectivity index (χ0) is 13.9. The van der Waals surface area contributed by atoms with Crippen molar-refractivity contribution in [2.24, 2.45) is 5.73 Å². The quantitative estimate of drug-likeness (QED) is 0.894. The standard InChI is InChI=1S/C14H19BrN2O2/c1-10(11-4-2-3-5-12(11)15)17-13(18)14(16)6-8-19-9-7-14/h2-5,10H,6-9,16H2,1H3,(H,17,18). The van der Waals surface area contributed by atoms with Crippen LogP contribution in [0.25, 0.3) is 0 Å². The zero-order valence-corrected chi connectivity index (χ0v) is 12.6. The minimum Gasteiger partial charge on any atom is -0.381 e. The van der Waals surface area contributed by atoms with Gasteiger partial charge >= 0.3 is 0 Å². The van der Waals surface area contributed by atoms with Crippen molar-refractivity contribution in [3.8, 4) is 0 Å². The molecule has 1 aliphatic rings. The number of hydrogen-bond donors (Lipinski definition) is 2. The monoisotopic (exact) mass is 326 g/mol. The number of halogens is 1. The van der Waals surface area contributed by atoms with Crippen molar-refractivity contribution in [2.75, 3.05) is 13.2 Å². The predicted molar refractivity (Wildman–Crippen MR) is 77.7 cm³/mol. The van der Waals surface area contributed by atoms with Crippen LogP contribution in [0.5, 0.6) is 0 Å². The van der Waals surface area contributed by atoms with Crippen LogP contribution in [0.1, 0.15) is 31.4 Å². The molecule has 1 aliphatic heterocycles. The van der Waals surface area contributed by atoms with Crippen molar-refractivity contribution < 1.29 is 9.53 Å². The topological polar surface area (TPSA) is 64.4 Å². The van der Waals surface area contributed by atoms with E-state index in [1.807, 2.05) is 31.2 Å². The van der Waals surface area contributed by atoms with Gasteiger partial charge in [0.1, 0.15) is 0 Å². The van der Waals surface area contributed by atoms with Crippen molar-refractivity contribution in [3.63, 3.8) is 0 Å². The van der Waals surface area contributed by atoms with Crippen LogP contribution < -0.4 is 11.1 Å². The molecule has 0 bridgehead atoms. The van der Waals surface area contributed by atoms with E-state index in [1.165, 1.54) is 0 Å².